The third-order valence-electron chi connectivity index (χ3n) is 6.73. The van der Waals surface area contributed by atoms with Gasteiger partial charge in [0.15, 0.2) is 0 Å². The maximum Gasteiger partial charge on any atom is 0.341 e. The van der Waals surface area contributed by atoms with Crippen molar-refractivity contribution in [3.05, 3.63) is 113 Å². The first-order valence-electron chi connectivity index (χ1n) is 13.4. The van der Waals surface area contributed by atoms with Crippen molar-refractivity contribution >= 4 is 51.4 Å². The molecule has 1 aliphatic heterocycles. The van der Waals surface area contributed by atoms with Crippen LogP contribution in [0, 0.1) is 6.92 Å². The third kappa shape index (κ3) is 5.34. The molecule has 0 aliphatic carbocycles. The molecule has 1 aliphatic rings. The van der Waals surface area contributed by atoms with Gasteiger partial charge in [-0.3, -0.25) is 9.59 Å². The van der Waals surface area contributed by atoms with E-state index in [-0.39, 0.29) is 18.8 Å². The highest BCUT2D eigenvalue weighted by molar-refractivity contribution is 7.20. The average molecular weight is 581 g/mol. The Morgan fingerprint density at radius 2 is 1.43 bits per heavy atom. The lowest BCUT2D eigenvalue weighted by molar-refractivity contribution is -0.112. The number of anilines is 2. The molecule has 0 atom stereocenters. The zero-order valence-electron chi connectivity index (χ0n) is 23.3. The van der Waals surface area contributed by atoms with Gasteiger partial charge in [0.25, 0.3) is 11.8 Å². The van der Waals surface area contributed by atoms with E-state index in [9.17, 15) is 19.2 Å². The molecule has 2 heterocycles. The SMILES string of the molecule is CCOC(=O)c1ccc(N2C(=O)C(=CNc3sc(-c4ccccc4)c(C)c3C(=O)OCC)c3ccccc3C2=O)cc1. The molecular weight excluding hydrogens is 552 g/mol. The smallest absolute Gasteiger partial charge is 0.341 e. The minimum absolute atomic E-state index is 0.215. The van der Waals surface area contributed by atoms with Gasteiger partial charge in [0.1, 0.15) is 5.00 Å². The molecule has 4 aromatic rings. The van der Waals surface area contributed by atoms with Gasteiger partial charge in [-0.15, -0.1) is 11.3 Å². The molecule has 1 N–H and O–H groups in total. The molecule has 0 fully saturated rings. The molecular formula is C33H28N2O6S. The van der Waals surface area contributed by atoms with Crippen LogP contribution in [0.4, 0.5) is 10.7 Å². The van der Waals surface area contributed by atoms with E-state index in [1.165, 1.54) is 41.8 Å². The standard InChI is InChI=1S/C33H28N2O6S/c1-4-40-32(38)22-15-17-23(18-16-22)35-30(36)25-14-10-9-13-24(25)26(31(35)37)19-34-29-27(33(39)41-5-2)20(3)28(42-29)21-11-7-6-8-12-21/h6-19,34H,4-5H2,1-3H3. The summed E-state index contributed by atoms with van der Waals surface area (Å²) < 4.78 is 10.4. The summed E-state index contributed by atoms with van der Waals surface area (Å²) in [5, 5.41) is 3.70. The zero-order chi connectivity index (χ0) is 29.8. The van der Waals surface area contributed by atoms with Crippen LogP contribution >= 0.6 is 11.3 Å². The second kappa shape index (κ2) is 12.2. The first-order chi connectivity index (χ1) is 20.3. The molecule has 0 saturated carbocycles. The van der Waals surface area contributed by atoms with E-state index in [0.717, 1.165) is 20.9 Å². The van der Waals surface area contributed by atoms with E-state index in [2.05, 4.69) is 5.32 Å². The van der Waals surface area contributed by atoms with Crippen molar-refractivity contribution in [3.8, 4) is 10.4 Å². The summed E-state index contributed by atoms with van der Waals surface area (Å²) in [7, 11) is 0. The Morgan fingerprint density at radius 1 is 0.810 bits per heavy atom. The van der Waals surface area contributed by atoms with Crippen LogP contribution in [0.5, 0.6) is 0 Å². The van der Waals surface area contributed by atoms with Gasteiger partial charge in [-0.1, -0.05) is 48.5 Å². The second-order valence-corrected chi connectivity index (χ2v) is 10.3. The Balaban J connectivity index is 1.56. The Morgan fingerprint density at radius 3 is 2.10 bits per heavy atom. The summed E-state index contributed by atoms with van der Waals surface area (Å²) in [4.78, 5) is 54.5. The van der Waals surface area contributed by atoms with Crippen LogP contribution in [0.1, 0.15) is 56.0 Å². The minimum Gasteiger partial charge on any atom is -0.462 e. The van der Waals surface area contributed by atoms with E-state index in [1.54, 1.807) is 38.1 Å². The number of hydrogen-bond acceptors (Lipinski definition) is 8. The fourth-order valence-corrected chi connectivity index (χ4v) is 5.92. The molecule has 1 aromatic heterocycles. The van der Waals surface area contributed by atoms with Gasteiger partial charge in [-0.05, 0) is 62.2 Å². The first kappa shape index (κ1) is 28.5. The predicted octanol–water partition coefficient (Wildman–Crippen LogP) is 6.72. The highest BCUT2D eigenvalue weighted by atomic mass is 32.1. The lowest BCUT2D eigenvalue weighted by Crippen LogP contribution is -2.42. The predicted molar refractivity (Wildman–Crippen MR) is 163 cm³/mol. The maximum absolute atomic E-state index is 13.9. The van der Waals surface area contributed by atoms with Gasteiger partial charge in [-0.25, -0.2) is 14.5 Å². The molecule has 3 aromatic carbocycles. The number of imide groups is 1. The molecule has 0 bridgehead atoms. The first-order valence-corrected chi connectivity index (χ1v) is 14.2. The normalized spacial score (nSPS) is 13.6. The number of ether oxygens (including phenoxy) is 2. The summed E-state index contributed by atoms with van der Waals surface area (Å²) in [6.45, 7) is 5.77. The molecule has 8 nitrogen and oxygen atoms in total. The van der Waals surface area contributed by atoms with Crippen molar-refractivity contribution in [2.75, 3.05) is 23.4 Å². The number of amides is 2. The van der Waals surface area contributed by atoms with E-state index in [0.29, 0.717) is 32.9 Å². The Kier molecular flexibility index (Phi) is 8.31. The molecule has 9 heteroatoms. The lowest BCUT2D eigenvalue weighted by atomic mass is 9.93. The van der Waals surface area contributed by atoms with Crippen molar-refractivity contribution in [2.24, 2.45) is 0 Å². The van der Waals surface area contributed by atoms with Crippen LogP contribution in [-0.2, 0) is 14.3 Å². The number of hydrogen-bond donors (Lipinski definition) is 1. The summed E-state index contributed by atoms with van der Waals surface area (Å²) >= 11 is 1.38. The van der Waals surface area contributed by atoms with Crippen molar-refractivity contribution in [2.45, 2.75) is 20.8 Å². The van der Waals surface area contributed by atoms with Crippen LogP contribution in [-0.4, -0.2) is 37.0 Å². The molecule has 212 valence electrons. The zero-order valence-corrected chi connectivity index (χ0v) is 24.1. The van der Waals surface area contributed by atoms with Gasteiger partial charge in [0.2, 0.25) is 0 Å². The van der Waals surface area contributed by atoms with Gasteiger partial charge in [0, 0.05) is 22.2 Å². The van der Waals surface area contributed by atoms with Gasteiger partial charge >= 0.3 is 11.9 Å². The largest absolute Gasteiger partial charge is 0.462 e. The maximum atomic E-state index is 13.9. The number of carbonyl (C=O) groups excluding carboxylic acids is 4. The molecule has 42 heavy (non-hydrogen) atoms. The van der Waals surface area contributed by atoms with E-state index >= 15 is 0 Å². The highest BCUT2D eigenvalue weighted by Crippen LogP contribution is 2.41. The second-order valence-electron chi connectivity index (χ2n) is 9.31. The molecule has 0 radical (unpaired) electrons. The molecule has 2 amide bonds. The lowest BCUT2D eigenvalue weighted by Gasteiger charge is -2.28. The van der Waals surface area contributed by atoms with Crippen molar-refractivity contribution in [3.63, 3.8) is 0 Å². The number of esters is 2. The van der Waals surface area contributed by atoms with Crippen molar-refractivity contribution in [1.29, 1.82) is 0 Å². The molecule has 0 saturated heterocycles. The van der Waals surface area contributed by atoms with Gasteiger partial charge in [0.05, 0.1) is 35.6 Å². The van der Waals surface area contributed by atoms with Gasteiger partial charge in [-0.2, -0.15) is 0 Å². The topological polar surface area (TPSA) is 102 Å². The summed E-state index contributed by atoms with van der Waals surface area (Å²) in [5.74, 6) is -2.00. The summed E-state index contributed by atoms with van der Waals surface area (Å²) in [5.41, 5.74) is 3.77. The number of nitrogens with zero attached hydrogens (tertiary/aromatic N) is 1. The number of carbonyl (C=O) groups is 4. The van der Waals surface area contributed by atoms with Crippen LogP contribution in [0.3, 0.4) is 0 Å². The van der Waals surface area contributed by atoms with Crippen LogP contribution < -0.4 is 10.2 Å². The third-order valence-corrected chi connectivity index (χ3v) is 8.00. The van der Waals surface area contributed by atoms with Crippen molar-refractivity contribution < 1.29 is 28.7 Å². The summed E-state index contributed by atoms with van der Waals surface area (Å²) in [6, 6.07) is 22.7. The average Bonchev–Trinajstić information content (AvgIpc) is 3.34. The number of thiophene rings is 1. The monoisotopic (exact) mass is 580 g/mol. The van der Waals surface area contributed by atoms with Crippen LogP contribution in [0.2, 0.25) is 0 Å². The van der Waals surface area contributed by atoms with Gasteiger partial charge < -0.3 is 14.8 Å². The van der Waals surface area contributed by atoms with Crippen LogP contribution in [0.25, 0.3) is 16.0 Å². The van der Waals surface area contributed by atoms with E-state index in [4.69, 9.17) is 9.47 Å². The Hall–Kier alpha value is -5.02. The fourth-order valence-electron chi connectivity index (χ4n) is 4.75. The van der Waals surface area contributed by atoms with E-state index in [1.807, 2.05) is 37.3 Å². The number of fused-ring (bicyclic) bond motifs is 1. The highest BCUT2D eigenvalue weighted by Gasteiger charge is 2.36. The summed E-state index contributed by atoms with van der Waals surface area (Å²) in [6.07, 6.45) is 1.52. The fraction of sp³-hybridized carbons (Fsp3) is 0.152. The Labute approximate surface area is 247 Å². The number of nitrogens with one attached hydrogen (secondary N) is 1. The molecule has 0 spiro atoms. The number of rotatable bonds is 8. The molecule has 0 unspecified atom stereocenters. The van der Waals surface area contributed by atoms with E-state index < -0.39 is 23.8 Å². The minimum atomic E-state index is -0.552. The Bertz CT molecular complexity index is 1710. The van der Waals surface area contributed by atoms with Crippen LogP contribution in [0.15, 0.2) is 85.1 Å². The number of benzene rings is 3. The quantitative estimate of drug-likeness (QED) is 0.140. The van der Waals surface area contributed by atoms with Crippen molar-refractivity contribution in [1.82, 2.24) is 0 Å². The molecule has 5 rings (SSSR count).